The van der Waals surface area contributed by atoms with E-state index in [1.54, 1.807) is 0 Å². The average Bonchev–Trinajstić information content (AvgIpc) is 2.80. The minimum Gasteiger partial charge on any atom is -1.00 e. The van der Waals surface area contributed by atoms with E-state index in [1.807, 2.05) is 42.5 Å². The molecule has 0 aromatic heterocycles. The van der Waals surface area contributed by atoms with Gasteiger partial charge in [0.15, 0.2) is 0 Å². The van der Waals surface area contributed by atoms with Crippen LogP contribution in [0.3, 0.4) is 0 Å². The highest BCUT2D eigenvalue weighted by Crippen LogP contribution is 2.38. The maximum atomic E-state index is 5.96. The van der Waals surface area contributed by atoms with Crippen molar-refractivity contribution in [2.24, 2.45) is 5.10 Å². The highest BCUT2D eigenvalue weighted by molar-refractivity contribution is 6.33. The maximum absolute atomic E-state index is 5.96. The lowest BCUT2D eigenvalue weighted by Gasteiger charge is -2.16. The van der Waals surface area contributed by atoms with Crippen LogP contribution in [0.25, 0.3) is 0 Å². The minimum absolute atomic E-state index is 0. The van der Waals surface area contributed by atoms with Crippen molar-refractivity contribution in [1.82, 2.24) is 0 Å². The topological polar surface area (TPSA) is 18.6 Å². The Morgan fingerprint density at radius 3 is 2.40 bits per heavy atom. The molecule has 0 radical (unpaired) electrons. The van der Waals surface area contributed by atoms with E-state index in [-0.39, 0.29) is 17.8 Å². The molecule has 0 saturated heterocycles. The molecule has 25 heavy (non-hydrogen) atoms. The third kappa shape index (κ3) is 3.58. The van der Waals surface area contributed by atoms with Gasteiger partial charge in [-0.3, -0.25) is 5.01 Å². The number of rotatable bonds is 4. The van der Waals surface area contributed by atoms with E-state index in [9.17, 15) is 0 Å². The Kier molecular flexibility index (Phi) is 5.91. The molecule has 0 saturated carbocycles. The number of hydrazone groups is 1. The molecule has 5 heteroatoms. The van der Waals surface area contributed by atoms with Crippen molar-refractivity contribution in [3.8, 4) is 0 Å². The predicted octanol–water partition coefficient (Wildman–Crippen LogP) is 1.86. The molecule has 3 nitrogen and oxygen atoms in total. The number of nitrogens with zero attached hydrogens (tertiary/aromatic N) is 3. The van der Waals surface area contributed by atoms with Gasteiger partial charge >= 0.3 is 0 Å². The number of hydrogen-bond acceptors (Lipinski definition) is 2. The second-order valence-electron chi connectivity index (χ2n) is 6.52. The Labute approximate surface area is 161 Å². The van der Waals surface area contributed by atoms with Gasteiger partial charge in [0.25, 0.3) is 0 Å². The first-order valence-corrected chi connectivity index (χ1v) is 8.60. The summed E-state index contributed by atoms with van der Waals surface area (Å²) in [5, 5.41) is 7.27. The van der Waals surface area contributed by atoms with Crippen LogP contribution in [-0.4, -0.2) is 30.1 Å². The molecule has 3 rings (SSSR count). The predicted molar refractivity (Wildman–Crippen MR) is 103 cm³/mol. The van der Waals surface area contributed by atoms with Crippen LogP contribution < -0.4 is 17.4 Å². The summed E-state index contributed by atoms with van der Waals surface area (Å²) in [6, 6.07) is 16.3. The van der Waals surface area contributed by atoms with Crippen molar-refractivity contribution in [2.75, 3.05) is 18.6 Å². The third-order valence-corrected chi connectivity index (χ3v) is 4.92. The summed E-state index contributed by atoms with van der Waals surface area (Å²) in [5.41, 5.74) is 4.79. The smallest absolute Gasteiger partial charge is 0.212 e. The zero-order valence-electron chi connectivity index (χ0n) is 15.0. The number of anilines is 1. The molecule has 2 aromatic carbocycles. The molecule has 0 amide bonds. The van der Waals surface area contributed by atoms with Gasteiger partial charge in [0, 0.05) is 23.7 Å². The van der Waals surface area contributed by atoms with Crippen LogP contribution in [0.15, 0.2) is 53.6 Å². The van der Waals surface area contributed by atoms with Gasteiger partial charge in [0.2, 0.25) is 11.4 Å². The van der Waals surface area contributed by atoms with Gasteiger partial charge in [-0.2, -0.15) is 9.68 Å². The number of halogens is 2. The van der Waals surface area contributed by atoms with Gasteiger partial charge < -0.3 is 12.4 Å². The summed E-state index contributed by atoms with van der Waals surface area (Å²) < 4.78 is 2.34. The van der Waals surface area contributed by atoms with Crippen LogP contribution in [0.1, 0.15) is 26.3 Å². The lowest BCUT2D eigenvalue weighted by Crippen LogP contribution is -3.00. The van der Waals surface area contributed by atoms with E-state index >= 15 is 0 Å². The molecule has 0 aliphatic carbocycles. The zero-order valence-corrected chi connectivity index (χ0v) is 16.5. The Bertz CT molecular complexity index is 808. The molecule has 0 atom stereocenters. The van der Waals surface area contributed by atoms with Crippen molar-refractivity contribution in [3.05, 3.63) is 59.1 Å². The van der Waals surface area contributed by atoms with Crippen LogP contribution in [0.5, 0.6) is 0 Å². The minimum atomic E-state index is -0.0586. The van der Waals surface area contributed by atoms with Crippen LogP contribution in [0.4, 0.5) is 11.4 Å². The molecule has 0 unspecified atom stereocenters. The summed E-state index contributed by atoms with van der Waals surface area (Å²) in [5.74, 6) is 0. The van der Waals surface area contributed by atoms with Crippen molar-refractivity contribution < 1.29 is 17.0 Å². The maximum Gasteiger partial charge on any atom is 0.212 e. The molecule has 2 aromatic rings. The molecule has 1 aliphatic rings. The Morgan fingerprint density at radius 1 is 1.12 bits per heavy atom. The molecule has 0 bridgehead atoms. The van der Waals surface area contributed by atoms with Crippen LogP contribution in [0.2, 0.25) is 5.02 Å². The fraction of sp³-hybridized carbons (Fsp3) is 0.300. The Hall–Kier alpha value is -1.84. The van der Waals surface area contributed by atoms with E-state index in [0.717, 1.165) is 17.3 Å². The van der Waals surface area contributed by atoms with E-state index in [1.165, 1.54) is 17.0 Å². The van der Waals surface area contributed by atoms with Gasteiger partial charge in [-0.15, -0.1) is 0 Å². The second kappa shape index (κ2) is 7.59. The highest BCUT2D eigenvalue weighted by Gasteiger charge is 2.44. The lowest BCUT2D eigenvalue weighted by molar-refractivity contribution is -0.431. The molecular formula is C20H23Cl2N3. The number of fused-ring (bicyclic) bond motifs is 1. The molecule has 1 heterocycles. The summed E-state index contributed by atoms with van der Waals surface area (Å²) in [4.78, 5) is 0. The van der Waals surface area contributed by atoms with Gasteiger partial charge in [-0.25, -0.2) is 0 Å². The van der Waals surface area contributed by atoms with Crippen LogP contribution in [-0.2, 0) is 5.41 Å². The SMILES string of the molecule is CC[N+]1=C(C=NN(C)c2ccc(Cl)cc2)C(C)(C)c2ccccc21.[Cl-]. The molecule has 0 N–H and O–H groups in total. The van der Waals surface area contributed by atoms with Gasteiger partial charge in [-0.1, -0.05) is 29.8 Å². The average molecular weight is 376 g/mol. The first-order valence-electron chi connectivity index (χ1n) is 8.23. The third-order valence-electron chi connectivity index (χ3n) is 4.67. The Balaban J connectivity index is 0.00000225. The van der Waals surface area contributed by atoms with Crippen LogP contribution in [0, 0.1) is 0 Å². The van der Waals surface area contributed by atoms with E-state index in [0.29, 0.717) is 0 Å². The summed E-state index contributed by atoms with van der Waals surface area (Å²) in [6.07, 6.45) is 1.98. The molecule has 1 aliphatic heterocycles. The van der Waals surface area contributed by atoms with Crippen molar-refractivity contribution in [2.45, 2.75) is 26.2 Å². The Morgan fingerprint density at radius 2 is 1.76 bits per heavy atom. The lowest BCUT2D eigenvalue weighted by atomic mass is 9.82. The monoisotopic (exact) mass is 375 g/mol. The first-order chi connectivity index (χ1) is 11.4. The van der Waals surface area contributed by atoms with E-state index in [4.69, 9.17) is 11.6 Å². The van der Waals surface area contributed by atoms with Gasteiger partial charge in [0.05, 0.1) is 11.1 Å². The van der Waals surface area contributed by atoms with Gasteiger partial charge in [0.1, 0.15) is 12.8 Å². The normalized spacial score (nSPS) is 15.2. The summed E-state index contributed by atoms with van der Waals surface area (Å²) in [6.45, 7) is 7.61. The molecule has 0 spiro atoms. The molecule has 132 valence electrons. The first kappa shape index (κ1) is 19.5. The fourth-order valence-corrected chi connectivity index (χ4v) is 3.41. The summed E-state index contributed by atoms with van der Waals surface area (Å²) >= 11 is 5.96. The standard InChI is InChI=1S/C20H23ClN3.ClH/c1-5-24-18-9-7-6-8-17(18)20(2,3)19(24)14-22-23(4)16-12-10-15(21)11-13-16;/h6-14H,5H2,1-4H3;1H/q+1;/p-1. The van der Waals surface area contributed by atoms with Crippen LogP contribution >= 0.6 is 11.6 Å². The molecular weight excluding hydrogens is 353 g/mol. The van der Waals surface area contributed by atoms with Crippen molar-refractivity contribution in [3.63, 3.8) is 0 Å². The molecule has 0 fully saturated rings. The largest absolute Gasteiger partial charge is 1.00 e. The zero-order chi connectivity index (χ0) is 17.3. The highest BCUT2D eigenvalue weighted by atomic mass is 35.5. The fourth-order valence-electron chi connectivity index (χ4n) is 3.28. The number of hydrogen-bond donors (Lipinski definition) is 0. The van der Waals surface area contributed by atoms with Crippen molar-refractivity contribution >= 4 is 34.9 Å². The second-order valence-corrected chi connectivity index (χ2v) is 6.95. The number of para-hydroxylation sites is 1. The van der Waals surface area contributed by atoms with E-state index in [2.05, 4.69) is 54.7 Å². The summed E-state index contributed by atoms with van der Waals surface area (Å²) in [7, 11) is 1.95. The van der Waals surface area contributed by atoms with Gasteiger partial charge in [-0.05, 0) is 45.0 Å². The quantitative estimate of drug-likeness (QED) is 0.453. The van der Waals surface area contributed by atoms with E-state index < -0.39 is 0 Å². The van der Waals surface area contributed by atoms with Crippen molar-refractivity contribution in [1.29, 1.82) is 0 Å². The number of benzene rings is 2.